The van der Waals surface area contributed by atoms with Gasteiger partial charge in [0.05, 0.1) is 22.9 Å². The zero-order chi connectivity index (χ0) is 16.1. The topological polar surface area (TPSA) is 105 Å². The fourth-order valence-electron chi connectivity index (χ4n) is 1.23. The SMILES string of the molecule is CCOC(=O)C(C)(C)/[N+]([O-])=[N+](/[O-])C(C)(C)C(=O)OCC. The van der Waals surface area contributed by atoms with E-state index in [1.807, 2.05) is 0 Å². The lowest BCUT2D eigenvalue weighted by Gasteiger charge is -2.23. The van der Waals surface area contributed by atoms with Crippen LogP contribution < -0.4 is 0 Å². The van der Waals surface area contributed by atoms with Gasteiger partial charge in [-0.05, 0) is 13.8 Å². The van der Waals surface area contributed by atoms with Crippen LogP contribution in [0.5, 0.6) is 0 Å². The molecule has 0 heterocycles. The fraction of sp³-hybridized carbons (Fsp3) is 0.833. The molecule has 0 saturated carbocycles. The van der Waals surface area contributed by atoms with E-state index in [2.05, 4.69) is 0 Å². The number of ether oxygens (including phenoxy) is 2. The summed E-state index contributed by atoms with van der Waals surface area (Å²) >= 11 is 0. The standard InChI is InChI=1S/C12H22N2O6/c1-7-19-9(15)11(3,4)13(17)14(18)12(5,6)10(16)20-8-2/h7-8H2,1-6H3/b14-13-. The molecule has 116 valence electrons. The minimum atomic E-state index is -1.75. The Kier molecular flexibility index (Phi) is 5.93. The van der Waals surface area contributed by atoms with E-state index in [0.717, 1.165) is 0 Å². The van der Waals surface area contributed by atoms with Gasteiger partial charge >= 0.3 is 23.0 Å². The predicted molar refractivity (Wildman–Crippen MR) is 68.7 cm³/mol. The van der Waals surface area contributed by atoms with E-state index in [1.165, 1.54) is 27.7 Å². The van der Waals surface area contributed by atoms with E-state index in [-0.39, 0.29) is 22.9 Å². The van der Waals surface area contributed by atoms with Crippen molar-refractivity contribution in [2.75, 3.05) is 13.2 Å². The molecule has 0 amide bonds. The number of nitrogens with zero attached hydrogens (tertiary/aromatic N) is 2. The molecule has 0 spiro atoms. The molecule has 0 rings (SSSR count). The van der Waals surface area contributed by atoms with Crippen LogP contribution in [0, 0.1) is 10.4 Å². The quantitative estimate of drug-likeness (QED) is 0.314. The van der Waals surface area contributed by atoms with Crippen molar-refractivity contribution in [2.45, 2.75) is 52.6 Å². The Labute approximate surface area is 118 Å². The molecular formula is C12H22N2O6. The third kappa shape index (κ3) is 3.58. The molecule has 20 heavy (non-hydrogen) atoms. The van der Waals surface area contributed by atoms with Gasteiger partial charge in [-0.25, -0.2) is 9.59 Å². The number of hydrogen-bond acceptors (Lipinski definition) is 6. The van der Waals surface area contributed by atoms with E-state index < -0.39 is 23.0 Å². The van der Waals surface area contributed by atoms with E-state index in [4.69, 9.17) is 9.47 Å². The van der Waals surface area contributed by atoms with Gasteiger partial charge in [-0.3, -0.25) is 0 Å². The van der Waals surface area contributed by atoms with E-state index in [1.54, 1.807) is 13.8 Å². The highest BCUT2D eigenvalue weighted by Gasteiger charge is 2.51. The van der Waals surface area contributed by atoms with Gasteiger partial charge in [0.25, 0.3) is 0 Å². The van der Waals surface area contributed by atoms with Crippen LogP contribution in [-0.4, -0.2) is 46.0 Å². The van der Waals surface area contributed by atoms with Crippen molar-refractivity contribution in [3.8, 4) is 0 Å². The fourth-order valence-corrected chi connectivity index (χ4v) is 1.23. The second-order valence-electron chi connectivity index (χ2n) is 5.10. The molecule has 0 aromatic rings. The largest absolute Gasteiger partial charge is 0.566 e. The van der Waals surface area contributed by atoms with Gasteiger partial charge < -0.3 is 19.9 Å². The van der Waals surface area contributed by atoms with Gasteiger partial charge in [0.2, 0.25) is 0 Å². The number of esters is 2. The van der Waals surface area contributed by atoms with Crippen molar-refractivity contribution in [3.05, 3.63) is 10.4 Å². The minimum absolute atomic E-state index is 0.0796. The molecule has 0 saturated heterocycles. The molecule has 0 unspecified atom stereocenters. The van der Waals surface area contributed by atoms with E-state index >= 15 is 0 Å². The van der Waals surface area contributed by atoms with Crippen LogP contribution in [0.4, 0.5) is 0 Å². The predicted octanol–water partition coefficient (Wildman–Crippen LogP) is 1.14. The Hall–Kier alpha value is -1.86. The first-order valence-electron chi connectivity index (χ1n) is 6.32. The van der Waals surface area contributed by atoms with Crippen LogP contribution >= 0.6 is 0 Å². The van der Waals surface area contributed by atoms with E-state index in [0.29, 0.717) is 0 Å². The van der Waals surface area contributed by atoms with Crippen molar-refractivity contribution in [1.29, 1.82) is 0 Å². The Balaban J connectivity index is 5.54. The van der Waals surface area contributed by atoms with E-state index in [9.17, 15) is 20.0 Å². The van der Waals surface area contributed by atoms with Crippen LogP contribution in [0.2, 0.25) is 0 Å². The maximum Gasteiger partial charge on any atom is 0.386 e. The summed E-state index contributed by atoms with van der Waals surface area (Å²) in [7, 11) is 0. The number of carbonyl (C=O) groups is 2. The summed E-state index contributed by atoms with van der Waals surface area (Å²) in [5, 5.41) is 24.1. The Morgan fingerprint density at radius 2 is 1.10 bits per heavy atom. The first kappa shape index (κ1) is 18.1. The molecule has 8 heteroatoms. The molecule has 0 aliphatic heterocycles. The first-order chi connectivity index (χ1) is 9.03. The third-order valence-corrected chi connectivity index (χ3v) is 2.67. The summed E-state index contributed by atoms with van der Waals surface area (Å²) in [4.78, 5) is 23.2. The number of hydroxylamine groups is 2. The van der Waals surface area contributed by atoms with Crippen LogP contribution in [0.3, 0.4) is 0 Å². The number of rotatable bonds is 6. The molecule has 0 aromatic heterocycles. The highest BCUT2D eigenvalue weighted by atomic mass is 16.6. The van der Waals surface area contributed by atoms with Crippen molar-refractivity contribution in [3.63, 3.8) is 0 Å². The lowest BCUT2D eigenvalue weighted by molar-refractivity contribution is -1.01. The van der Waals surface area contributed by atoms with Crippen LogP contribution in [-0.2, 0) is 19.1 Å². The molecule has 8 nitrogen and oxygen atoms in total. The Morgan fingerprint density at radius 3 is 1.30 bits per heavy atom. The Morgan fingerprint density at radius 1 is 0.850 bits per heavy atom. The maximum absolute atomic E-state index is 12.1. The normalized spacial score (nSPS) is 13.5. The first-order valence-corrected chi connectivity index (χ1v) is 6.32. The minimum Gasteiger partial charge on any atom is -0.566 e. The second-order valence-corrected chi connectivity index (χ2v) is 5.10. The summed E-state index contributed by atoms with van der Waals surface area (Å²) in [6.07, 6.45) is 0. The summed E-state index contributed by atoms with van der Waals surface area (Å²) in [5.41, 5.74) is -3.50. The molecule has 0 aromatic carbocycles. The van der Waals surface area contributed by atoms with Crippen molar-refractivity contribution in [1.82, 2.24) is 0 Å². The third-order valence-electron chi connectivity index (χ3n) is 2.67. The van der Waals surface area contributed by atoms with Gasteiger partial charge in [0.1, 0.15) is 0 Å². The maximum atomic E-state index is 12.1. The smallest absolute Gasteiger partial charge is 0.386 e. The average molecular weight is 290 g/mol. The van der Waals surface area contributed by atoms with Gasteiger partial charge in [-0.15, -0.1) is 0 Å². The zero-order valence-corrected chi connectivity index (χ0v) is 12.8. The molecular weight excluding hydrogens is 268 g/mol. The molecule has 0 bridgehead atoms. The number of azo groups is 1. The van der Waals surface area contributed by atoms with Crippen molar-refractivity contribution < 1.29 is 28.8 Å². The van der Waals surface area contributed by atoms with Gasteiger partial charge in [-0.2, -0.15) is 0 Å². The van der Waals surface area contributed by atoms with Crippen molar-refractivity contribution >= 4 is 11.9 Å². The number of hydrogen-bond donors (Lipinski definition) is 0. The second kappa shape index (κ2) is 6.53. The zero-order valence-electron chi connectivity index (χ0n) is 12.8. The van der Waals surface area contributed by atoms with Crippen molar-refractivity contribution in [2.24, 2.45) is 0 Å². The molecule has 0 radical (unpaired) electrons. The molecule has 0 aliphatic carbocycles. The monoisotopic (exact) mass is 290 g/mol. The van der Waals surface area contributed by atoms with Gasteiger partial charge in [0, 0.05) is 27.7 Å². The number of carbonyl (C=O) groups excluding carboxylic acids is 2. The van der Waals surface area contributed by atoms with Crippen LogP contribution in [0.25, 0.3) is 0 Å². The molecule has 0 aliphatic rings. The highest BCUT2D eigenvalue weighted by molar-refractivity contribution is 5.78. The highest BCUT2D eigenvalue weighted by Crippen LogP contribution is 2.17. The van der Waals surface area contributed by atoms with Crippen LogP contribution in [0.1, 0.15) is 41.5 Å². The summed E-state index contributed by atoms with van der Waals surface area (Å²) < 4.78 is 9.47. The summed E-state index contributed by atoms with van der Waals surface area (Å²) in [6.45, 7) is 8.29. The molecule has 0 N–H and O–H groups in total. The lowest BCUT2D eigenvalue weighted by atomic mass is 10.1. The summed E-state index contributed by atoms with van der Waals surface area (Å²) in [5.74, 6) is -1.70. The van der Waals surface area contributed by atoms with Gasteiger partial charge in [-0.1, -0.05) is 0 Å². The Bertz CT molecular complexity index is 376. The summed E-state index contributed by atoms with van der Waals surface area (Å²) in [6, 6.07) is 0. The van der Waals surface area contributed by atoms with Gasteiger partial charge in [0.15, 0.2) is 0 Å². The molecule has 0 atom stereocenters. The lowest BCUT2D eigenvalue weighted by Crippen LogP contribution is -2.53. The molecule has 0 fully saturated rings. The average Bonchev–Trinajstić information content (AvgIpc) is 2.37. The van der Waals surface area contributed by atoms with Crippen LogP contribution in [0.15, 0.2) is 0 Å².